The highest BCUT2D eigenvalue weighted by Crippen LogP contribution is 2.39. The third-order valence-electron chi connectivity index (χ3n) is 3.16. The Morgan fingerprint density at radius 2 is 1.47 bits per heavy atom. The number of ether oxygens (including phenoxy) is 1. The lowest BCUT2D eigenvalue weighted by molar-refractivity contribution is -0.0542. The fraction of sp³-hybridized carbons (Fsp3) is 1.00. The molecule has 1 aliphatic heterocycles. The number of hydrogen-bond acceptors (Lipinski definition) is 4. The van der Waals surface area contributed by atoms with Gasteiger partial charge in [-0.1, -0.05) is 6.92 Å². The van der Waals surface area contributed by atoms with Gasteiger partial charge in [0.05, 0.1) is 13.2 Å². The van der Waals surface area contributed by atoms with Crippen molar-refractivity contribution in [2.75, 3.05) is 33.0 Å². The molecule has 1 heterocycles. The number of rotatable bonds is 9. The van der Waals surface area contributed by atoms with Crippen LogP contribution in [0.5, 0.6) is 0 Å². The van der Waals surface area contributed by atoms with Crippen LogP contribution >= 0.6 is 0 Å². The molecule has 0 spiro atoms. The Labute approximate surface area is 106 Å². The molecule has 1 fully saturated rings. The molecule has 0 N–H and O–H groups in total. The van der Waals surface area contributed by atoms with Gasteiger partial charge in [-0.15, -0.1) is 0 Å². The Morgan fingerprint density at radius 1 is 1.00 bits per heavy atom. The Kier molecular flexibility index (Phi) is 6.65. The van der Waals surface area contributed by atoms with Gasteiger partial charge in [-0.05, 0) is 27.2 Å². The summed E-state index contributed by atoms with van der Waals surface area (Å²) < 4.78 is 23.2. The van der Waals surface area contributed by atoms with Gasteiger partial charge in [0.1, 0.15) is 0 Å². The molecule has 0 aromatic heterocycles. The van der Waals surface area contributed by atoms with Crippen LogP contribution < -0.4 is 0 Å². The summed E-state index contributed by atoms with van der Waals surface area (Å²) in [5.74, 6) is 0.538. The predicted octanol–water partition coefficient (Wildman–Crippen LogP) is 2.46. The molecule has 0 saturated carbocycles. The van der Waals surface area contributed by atoms with E-state index in [1.807, 2.05) is 20.8 Å². The zero-order valence-electron chi connectivity index (χ0n) is 11.5. The molecule has 1 saturated heterocycles. The van der Waals surface area contributed by atoms with E-state index in [1.165, 1.54) is 0 Å². The average Bonchev–Trinajstić information content (AvgIpc) is 2.24. The van der Waals surface area contributed by atoms with E-state index in [0.717, 1.165) is 19.6 Å². The van der Waals surface area contributed by atoms with Crippen molar-refractivity contribution in [2.24, 2.45) is 5.92 Å². The third kappa shape index (κ3) is 3.51. The largest absolute Gasteiger partial charge is 0.504 e. The van der Waals surface area contributed by atoms with Gasteiger partial charge in [0, 0.05) is 31.3 Å². The topological polar surface area (TPSA) is 36.9 Å². The van der Waals surface area contributed by atoms with Crippen LogP contribution in [0.4, 0.5) is 0 Å². The van der Waals surface area contributed by atoms with Crippen molar-refractivity contribution in [3.63, 3.8) is 0 Å². The SMILES string of the molecule is CCO[Si](OCC)(OCC)C(CC)C1COC1. The summed E-state index contributed by atoms with van der Waals surface area (Å²) in [5.41, 5.74) is 0.371. The third-order valence-corrected chi connectivity index (χ3v) is 7.02. The van der Waals surface area contributed by atoms with E-state index in [1.54, 1.807) is 0 Å². The summed E-state index contributed by atoms with van der Waals surface area (Å²) in [6, 6.07) is 0. The molecule has 1 unspecified atom stereocenters. The number of hydrogen-bond donors (Lipinski definition) is 0. The monoisotopic (exact) mass is 262 g/mol. The van der Waals surface area contributed by atoms with E-state index in [9.17, 15) is 0 Å². The first kappa shape index (κ1) is 15.1. The maximum absolute atomic E-state index is 5.96. The van der Waals surface area contributed by atoms with Crippen molar-refractivity contribution in [1.29, 1.82) is 0 Å². The molecule has 0 amide bonds. The van der Waals surface area contributed by atoms with Gasteiger partial charge in [-0.25, -0.2) is 0 Å². The second-order valence-electron chi connectivity index (χ2n) is 4.21. The van der Waals surface area contributed by atoms with Crippen LogP contribution in [0.15, 0.2) is 0 Å². The second kappa shape index (κ2) is 7.48. The summed E-state index contributed by atoms with van der Waals surface area (Å²) in [5, 5.41) is 0. The molecule has 0 aromatic rings. The van der Waals surface area contributed by atoms with Gasteiger partial charge in [0.15, 0.2) is 0 Å². The average molecular weight is 262 g/mol. The zero-order valence-corrected chi connectivity index (χ0v) is 12.5. The Balaban J connectivity index is 2.80. The van der Waals surface area contributed by atoms with Crippen LogP contribution in [0, 0.1) is 5.92 Å². The maximum Gasteiger partial charge on any atom is 0.504 e. The van der Waals surface area contributed by atoms with Gasteiger partial charge in [0.2, 0.25) is 0 Å². The minimum absolute atomic E-state index is 0.371. The van der Waals surface area contributed by atoms with Crippen molar-refractivity contribution in [3.05, 3.63) is 0 Å². The first-order chi connectivity index (χ1) is 8.24. The van der Waals surface area contributed by atoms with E-state index in [0.29, 0.717) is 31.3 Å². The van der Waals surface area contributed by atoms with Gasteiger partial charge < -0.3 is 18.0 Å². The van der Waals surface area contributed by atoms with Gasteiger partial charge in [-0.2, -0.15) is 0 Å². The van der Waals surface area contributed by atoms with Crippen LogP contribution in [-0.4, -0.2) is 41.8 Å². The van der Waals surface area contributed by atoms with E-state index in [4.69, 9.17) is 18.0 Å². The lowest BCUT2D eigenvalue weighted by Gasteiger charge is -2.41. The van der Waals surface area contributed by atoms with Gasteiger partial charge in [0.25, 0.3) is 0 Å². The molecule has 4 nitrogen and oxygen atoms in total. The molecule has 0 aromatic carbocycles. The summed E-state index contributed by atoms with van der Waals surface area (Å²) in [6.45, 7) is 11.8. The van der Waals surface area contributed by atoms with E-state index >= 15 is 0 Å². The second-order valence-corrected chi connectivity index (χ2v) is 7.03. The molecule has 0 aliphatic carbocycles. The van der Waals surface area contributed by atoms with Crippen molar-refractivity contribution in [2.45, 2.75) is 39.7 Å². The van der Waals surface area contributed by atoms with Gasteiger partial charge in [-0.3, -0.25) is 0 Å². The van der Waals surface area contributed by atoms with Crippen LogP contribution in [0.2, 0.25) is 5.54 Å². The fourth-order valence-electron chi connectivity index (χ4n) is 2.41. The zero-order chi connectivity index (χ0) is 12.7. The maximum atomic E-state index is 5.96. The van der Waals surface area contributed by atoms with E-state index < -0.39 is 8.80 Å². The minimum Gasteiger partial charge on any atom is -0.381 e. The molecule has 0 bridgehead atoms. The van der Waals surface area contributed by atoms with Crippen LogP contribution in [-0.2, 0) is 18.0 Å². The summed E-state index contributed by atoms with van der Waals surface area (Å²) in [4.78, 5) is 0. The minimum atomic E-state index is -2.54. The highest BCUT2D eigenvalue weighted by Gasteiger charge is 2.53. The molecule has 5 heteroatoms. The molecule has 102 valence electrons. The molecule has 17 heavy (non-hydrogen) atoms. The van der Waals surface area contributed by atoms with Gasteiger partial charge >= 0.3 is 8.80 Å². The molecule has 1 atom stereocenters. The first-order valence-electron chi connectivity index (χ1n) is 6.73. The van der Waals surface area contributed by atoms with Crippen molar-refractivity contribution in [1.82, 2.24) is 0 Å². The molecule has 1 aliphatic rings. The van der Waals surface area contributed by atoms with Crippen LogP contribution in [0.25, 0.3) is 0 Å². The van der Waals surface area contributed by atoms with E-state index in [-0.39, 0.29) is 0 Å². The van der Waals surface area contributed by atoms with Crippen LogP contribution in [0.1, 0.15) is 34.1 Å². The Hall–Kier alpha value is 0.0569. The predicted molar refractivity (Wildman–Crippen MR) is 69.0 cm³/mol. The van der Waals surface area contributed by atoms with Crippen molar-refractivity contribution < 1.29 is 18.0 Å². The van der Waals surface area contributed by atoms with E-state index in [2.05, 4.69) is 6.92 Å². The fourth-order valence-corrected chi connectivity index (χ4v) is 5.78. The molecular formula is C12H26O4Si. The van der Waals surface area contributed by atoms with Crippen molar-refractivity contribution in [3.8, 4) is 0 Å². The Bertz CT molecular complexity index is 192. The lowest BCUT2D eigenvalue weighted by Crippen LogP contribution is -2.55. The molecule has 0 radical (unpaired) electrons. The van der Waals surface area contributed by atoms with Crippen molar-refractivity contribution >= 4 is 8.80 Å². The first-order valence-corrected chi connectivity index (χ1v) is 8.53. The normalized spacial score (nSPS) is 19.1. The Morgan fingerprint density at radius 3 is 1.71 bits per heavy atom. The summed E-state index contributed by atoms with van der Waals surface area (Å²) >= 11 is 0. The highest BCUT2D eigenvalue weighted by atomic mass is 28.4. The molecule has 1 rings (SSSR count). The quantitative estimate of drug-likeness (QED) is 0.598. The standard InChI is InChI=1S/C12H26O4Si/c1-5-12(11-9-13-10-11)17(14-6-2,15-7-3)16-8-4/h11-12H,5-10H2,1-4H3. The molecular weight excluding hydrogens is 236 g/mol. The van der Waals surface area contributed by atoms with Crippen LogP contribution in [0.3, 0.4) is 0 Å². The summed E-state index contributed by atoms with van der Waals surface area (Å²) in [7, 11) is -2.54. The summed E-state index contributed by atoms with van der Waals surface area (Å²) in [6.07, 6.45) is 1.03. The smallest absolute Gasteiger partial charge is 0.381 e. The lowest BCUT2D eigenvalue weighted by atomic mass is 10.0. The highest BCUT2D eigenvalue weighted by molar-refractivity contribution is 6.62.